The maximum absolute atomic E-state index is 12.2. The van der Waals surface area contributed by atoms with Crippen LogP contribution in [0.2, 0.25) is 0 Å². The second-order valence-electron chi connectivity index (χ2n) is 5.51. The van der Waals surface area contributed by atoms with Crippen LogP contribution in [0.15, 0.2) is 23.0 Å². The topological polar surface area (TPSA) is 41.0 Å². The molecule has 1 unspecified atom stereocenters. The van der Waals surface area contributed by atoms with Gasteiger partial charge in [0.2, 0.25) is 0 Å². The van der Waals surface area contributed by atoms with Gasteiger partial charge < -0.3 is 9.88 Å². The van der Waals surface area contributed by atoms with Crippen molar-refractivity contribution in [3.8, 4) is 0 Å². The van der Waals surface area contributed by atoms with E-state index in [0.29, 0.717) is 6.04 Å². The van der Waals surface area contributed by atoms with Gasteiger partial charge in [0.25, 0.3) is 0 Å². The maximum Gasteiger partial charge on any atom is 0.326 e. The molecule has 0 amide bonds. The summed E-state index contributed by atoms with van der Waals surface area (Å²) in [6.07, 6.45) is 2.26. The lowest BCUT2D eigenvalue weighted by atomic mass is 10.1. The van der Waals surface area contributed by atoms with Crippen LogP contribution >= 0.6 is 0 Å². The number of H-pyrrole nitrogens is 1. The van der Waals surface area contributed by atoms with Gasteiger partial charge in [-0.15, -0.1) is 0 Å². The summed E-state index contributed by atoms with van der Waals surface area (Å²) in [7, 11) is 0. The van der Waals surface area contributed by atoms with Gasteiger partial charge >= 0.3 is 5.69 Å². The lowest BCUT2D eigenvalue weighted by molar-refractivity contribution is 0.185. The summed E-state index contributed by atoms with van der Waals surface area (Å²) in [5.41, 5.74) is 3.23. The lowest BCUT2D eigenvalue weighted by Gasteiger charge is -2.32. The first kappa shape index (κ1) is 12.5. The van der Waals surface area contributed by atoms with E-state index in [9.17, 15) is 4.79 Å². The van der Waals surface area contributed by atoms with Gasteiger partial charge in [-0.05, 0) is 50.6 Å². The van der Waals surface area contributed by atoms with Crippen molar-refractivity contribution in [1.29, 1.82) is 0 Å². The Morgan fingerprint density at radius 1 is 1.42 bits per heavy atom. The largest absolute Gasteiger partial charge is 0.326 e. The number of likely N-dealkylation sites (N-methyl/N-ethyl adjacent to an activating group) is 1. The Morgan fingerprint density at radius 2 is 2.26 bits per heavy atom. The Morgan fingerprint density at radius 3 is 3.05 bits per heavy atom. The van der Waals surface area contributed by atoms with Gasteiger partial charge in [-0.2, -0.15) is 0 Å². The molecule has 1 aliphatic rings. The van der Waals surface area contributed by atoms with Crippen molar-refractivity contribution in [2.24, 2.45) is 0 Å². The summed E-state index contributed by atoms with van der Waals surface area (Å²) in [6, 6.07) is 6.46. The number of nitrogens with one attached hydrogen (secondary N) is 1. The van der Waals surface area contributed by atoms with E-state index in [4.69, 9.17) is 0 Å². The minimum absolute atomic E-state index is 0.0311. The van der Waals surface area contributed by atoms with E-state index in [1.54, 1.807) is 0 Å². The number of imidazole rings is 1. The highest BCUT2D eigenvalue weighted by Gasteiger charge is 2.23. The van der Waals surface area contributed by atoms with E-state index in [0.717, 1.165) is 37.1 Å². The Balaban J connectivity index is 2.06. The highest BCUT2D eigenvalue weighted by Crippen LogP contribution is 2.24. The second-order valence-corrected chi connectivity index (χ2v) is 5.51. The predicted octanol–water partition coefficient (Wildman–Crippen LogP) is 2.29. The van der Waals surface area contributed by atoms with Crippen LogP contribution in [0.3, 0.4) is 0 Å². The van der Waals surface area contributed by atoms with Gasteiger partial charge in [0, 0.05) is 6.54 Å². The molecule has 2 heterocycles. The molecule has 0 radical (unpaired) electrons. The molecule has 0 spiro atoms. The molecule has 19 heavy (non-hydrogen) atoms. The molecule has 1 aromatic heterocycles. The minimum Gasteiger partial charge on any atom is -0.306 e. The zero-order valence-corrected chi connectivity index (χ0v) is 11.6. The summed E-state index contributed by atoms with van der Waals surface area (Å²) in [6.45, 7) is 7.46. The van der Waals surface area contributed by atoms with Gasteiger partial charge in [0.15, 0.2) is 0 Å². The summed E-state index contributed by atoms with van der Waals surface area (Å²) < 4.78 is 1.96. The third kappa shape index (κ3) is 2.21. The quantitative estimate of drug-likeness (QED) is 0.899. The third-order valence-corrected chi connectivity index (χ3v) is 4.17. The number of piperidine rings is 1. The van der Waals surface area contributed by atoms with E-state index in [2.05, 4.69) is 29.8 Å². The van der Waals surface area contributed by atoms with Gasteiger partial charge in [0.05, 0.1) is 17.1 Å². The molecule has 0 saturated carbocycles. The Kier molecular flexibility index (Phi) is 3.19. The molecule has 1 saturated heterocycles. The van der Waals surface area contributed by atoms with E-state index >= 15 is 0 Å². The summed E-state index contributed by atoms with van der Waals surface area (Å²) in [5.74, 6) is 0. The van der Waals surface area contributed by atoms with Crippen molar-refractivity contribution in [1.82, 2.24) is 14.5 Å². The first-order valence-corrected chi connectivity index (χ1v) is 7.12. The highest BCUT2D eigenvalue weighted by atomic mass is 16.1. The zero-order chi connectivity index (χ0) is 13.4. The van der Waals surface area contributed by atoms with E-state index in [1.165, 1.54) is 12.0 Å². The average Bonchev–Trinajstić information content (AvgIpc) is 2.74. The second kappa shape index (κ2) is 4.85. The van der Waals surface area contributed by atoms with Crippen LogP contribution in [-0.2, 0) is 0 Å². The minimum atomic E-state index is 0.0311. The number of rotatable bonds is 2. The number of aromatic amines is 1. The molecule has 1 atom stereocenters. The fourth-order valence-electron chi connectivity index (χ4n) is 3.12. The fourth-order valence-corrected chi connectivity index (χ4v) is 3.12. The summed E-state index contributed by atoms with van der Waals surface area (Å²) in [5, 5.41) is 0. The summed E-state index contributed by atoms with van der Waals surface area (Å²) >= 11 is 0. The van der Waals surface area contributed by atoms with Crippen LogP contribution in [0.25, 0.3) is 11.0 Å². The van der Waals surface area contributed by atoms with Crippen LogP contribution in [-0.4, -0.2) is 34.1 Å². The number of fused-ring (bicyclic) bond motifs is 1. The number of benzene rings is 1. The van der Waals surface area contributed by atoms with Gasteiger partial charge in [0.1, 0.15) is 0 Å². The molecular formula is C15H21N3O. The van der Waals surface area contributed by atoms with E-state index < -0.39 is 0 Å². The molecule has 3 rings (SSSR count). The molecule has 4 heteroatoms. The van der Waals surface area contributed by atoms with Crippen molar-refractivity contribution in [2.75, 3.05) is 19.6 Å². The number of aryl methyl sites for hydroxylation is 1. The monoisotopic (exact) mass is 259 g/mol. The average molecular weight is 259 g/mol. The Hall–Kier alpha value is -1.55. The Bertz CT molecular complexity index is 640. The lowest BCUT2D eigenvalue weighted by Crippen LogP contribution is -2.38. The smallest absolute Gasteiger partial charge is 0.306 e. The molecule has 4 nitrogen and oxygen atoms in total. The van der Waals surface area contributed by atoms with E-state index in [-0.39, 0.29) is 5.69 Å². The molecule has 1 N–H and O–H groups in total. The maximum atomic E-state index is 12.2. The first-order valence-electron chi connectivity index (χ1n) is 7.12. The number of hydrogen-bond acceptors (Lipinski definition) is 2. The molecule has 102 valence electrons. The number of hydrogen-bond donors (Lipinski definition) is 1. The van der Waals surface area contributed by atoms with Crippen molar-refractivity contribution in [2.45, 2.75) is 32.7 Å². The normalized spacial score (nSPS) is 21.1. The van der Waals surface area contributed by atoms with Gasteiger partial charge in [-0.3, -0.25) is 4.57 Å². The molecular weight excluding hydrogens is 238 g/mol. The van der Waals surface area contributed by atoms with Crippen LogP contribution in [0.5, 0.6) is 0 Å². The SMILES string of the molecule is CCN1CCCC(n2c(=O)[nH]c3ccc(C)cc32)C1. The number of nitrogens with zero attached hydrogens (tertiary/aromatic N) is 2. The number of aromatic nitrogens is 2. The number of likely N-dealkylation sites (tertiary alicyclic amines) is 1. The van der Waals surface area contributed by atoms with Crippen molar-refractivity contribution >= 4 is 11.0 Å². The van der Waals surface area contributed by atoms with Crippen molar-refractivity contribution in [3.05, 3.63) is 34.2 Å². The molecule has 1 aliphatic heterocycles. The van der Waals surface area contributed by atoms with Crippen LogP contribution in [0.1, 0.15) is 31.4 Å². The molecule has 1 fully saturated rings. The van der Waals surface area contributed by atoms with Crippen LogP contribution < -0.4 is 5.69 Å². The zero-order valence-electron chi connectivity index (χ0n) is 11.6. The molecule has 0 bridgehead atoms. The molecule has 2 aromatic rings. The third-order valence-electron chi connectivity index (χ3n) is 4.17. The van der Waals surface area contributed by atoms with E-state index in [1.807, 2.05) is 16.7 Å². The van der Waals surface area contributed by atoms with Crippen LogP contribution in [0, 0.1) is 6.92 Å². The standard InChI is InChI=1S/C15H21N3O/c1-3-17-8-4-5-12(10-17)18-14-9-11(2)6-7-13(14)16-15(18)19/h6-7,9,12H,3-5,8,10H2,1-2H3,(H,16,19). The highest BCUT2D eigenvalue weighted by molar-refractivity contribution is 5.76. The fraction of sp³-hybridized carbons (Fsp3) is 0.533. The van der Waals surface area contributed by atoms with Gasteiger partial charge in [-0.25, -0.2) is 4.79 Å². The van der Waals surface area contributed by atoms with Crippen LogP contribution in [0.4, 0.5) is 0 Å². The van der Waals surface area contributed by atoms with Crippen molar-refractivity contribution in [3.63, 3.8) is 0 Å². The summed E-state index contributed by atoms with van der Waals surface area (Å²) in [4.78, 5) is 17.6. The van der Waals surface area contributed by atoms with Gasteiger partial charge in [-0.1, -0.05) is 13.0 Å². The molecule has 1 aromatic carbocycles. The predicted molar refractivity (Wildman–Crippen MR) is 77.7 cm³/mol. The first-order chi connectivity index (χ1) is 9.19. The van der Waals surface area contributed by atoms with Crippen molar-refractivity contribution < 1.29 is 0 Å². The molecule has 0 aliphatic carbocycles. The Labute approximate surface area is 113 Å².